The van der Waals surface area contributed by atoms with Gasteiger partial charge in [-0.2, -0.15) is 0 Å². The maximum Gasteiger partial charge on any atom is 0.250 e. The second kappa shape index (κ2) is 7.70. The molecule has 0 saturated heterocycles. The third-order valence-electron chi connectivity index (χ3n) is 5.98. The van der Waals surface area contributed by atoms with Crippen LogP contribution in [-0.4, -0.2) is 13.4 Å². The predicted octanol–water partition coefficient (Wildman–Crippen LogP) is 5.42. The molecule has 2 aliphatic carbocycles. The average molecular weight is 429 g/mol. The average Bonchev–Trinajstić information content (AvgIpc) is 3.48. The van der Waals surface area contributed by atoms with Gasteiger partial charge in [-0.15, -0.1) is 11.3 Å². The lowest BCUT2D eigenvalue weighted by atomic mass is 9.88. The van der Waals surface area contributed by atoms with Crippen LogP contribution < -0.4 is 4.72 Å². The lowest BCUT2D eigenvalue weighted by Crippen LogP contribution is -2.30. The molecule has 29 heavy (non-hydrogen) atoms. The van der Waals surface area contributed by atoms with Crippen molar-refractivity contribution in [1.82, 2.24) is 9.71 Å². The molecule has 1 aromatic carbocycles. The summed E-state index contributed by atoms with van der Waals surface area (Å²) in [6, 6.07) is 11.4. The monoisotopic (exact) mass is 428 g/mol. The van der Waals surface area contributed by atoms with Crippen molar-refractivity contribution >= 4 is 21.4 Å². The number of aryl methyl sites for hydroxylation is 1. The minimum absolute atomic E-state index is 0.172. The van der Waals surface area contributed by atoms with Crippen LogP contribution in [0.1, 0.15) is 67.5 Å². The molecule has 0 aliphatic heterocycles. The Kier molecular flexibility index (Phi) is 5.05. The predicted molar refractivity (Wildman–Crippen MR) is 113 cm³/mol. The zero-order valence-corrected chi connectivity index (χ0v) is 17.8. The maximum atomic E-state index is 13.0. The maximum absolute atomic E-state index is 13.0. The molecule has 0 radical (unpaired) electrons. The van der Waals surface area contributed by atoms with Crippen molar-refractivity contribution in [3.8, 4) is 10.6 Å². The van der Waals surface area contributed by atoms with Crippen molar-refractivity contribution in [2.45, 2.75) is 61.1 Å². The lowest BCUT2D eigenvalue weighted by Gasteiger charge is -2.25. The number of sulfonamides is 1. The van der Waals surface area contributed by atoms with Gasteiger partial charge >= 0.3 is 0 Å². The van der Waals surface area contributed by atoms with E-state index in [4.69, 9.17) is 4.42 Å². The molecule has 3 aromatic rings. The Labute approximate surface area is 175 Å². The Morgan fingerprint density at radius 2 is 1.86 bits per heavy atom. The zero-order chi connectivity index (χ0) is 19.8. The topological polar surface area (TPSA) is 72.2 Å². The van der Waals surface area contributed by atoms with Gasteiger partial charge in [0.15, 0.2) is 11.7 Å². The van der Waals surface area contributed by atoms with Crippen molar-refractivity contribution in [1.29, 1.82) is 0 Å². The molecule has 0 spiro atoms. The van der Waals surface area contributed by atoms with Crippen molar-refractivity contribution < 1.29 is 12.8 Å². The van der Waals surface area contributed by atoms with Gasteiger partial charge in [0.1, 0.15) is 4.21 Å². The highest BCUT2D eigenvalue weighted by atomic mass is 32.2. The molecule has 152 valence electrons. The summed E-state index contributed by atoms with van der Waals surface area (Å²) in [6.45, 7) is 0. The molecular weight excluding hydrogens is 404 g/mol. The number of nitrogens with zero attached hydrogens (tertiary/aromatic N) is 1. The van der Waals surface area contributed by atoms with Crippen LogP contribution in [0.3, 0.4) is 0 Å². The van der Waals surface area contributed by atoms with Crippen LogP contribution >= 0.6 is 11.3 Å². The summed E-state index contributed by atoms with van der Waals surface area (Å²) < 4.78 is 35.2. The zero-order valence-electron chi connectivity index (χ0n) is 16.1. The van der Waals surface area contributed by atoms with Crippen LogP contribution in [0.4, 0.5) is 0 Å². The molecule has 5 rings (SSSR count). The van der Waals surface area contributed by atoms with E-state index >= 15 is 0 Å². The number of thiophene rings is 1. The lowest BCUT2D eigenvalue weighted by molar-refractivity contribution is 0.458. The van der Waals surface area contributed by atoms with E-state index < -0.39 is 10.0 Å². The van der Waals surface area contributed by atoms with E-state index in [2.05, 4.69) is 15.8 Å². The van der Waals surface area contributed by atoms with Crippen LogP contribution in [0.25, 0.3) is 10.6 Å². The smallest absolute Gasteiger partial charge is 0.250 e. The van der Waals surface area contributed by atoms with Gasteiger partial charge in [0.25, 0.3) is 10.0 Å². The summed E-state index contributed by atoms with van der Waals surface area (Å²) >= 11 is 1.23. The molecule has 0 amide bonds. The molecule has 1 N–H and O–H groups in total. The summed E-state index contributed by atoms with van der Waals surface area (Å²) in [5.41, 5.74) is 2.33. The van der Waals surface area contributed by atoms with Gasteiger partial charge in [-0.25, -0.2) is 18.1 Å². The van der Waals surface area contributed by atoms with E-state index in [1.165, 1.54) is 29.7 Å². The van der Waals surface area contributed by atoms with E-state index in [0.29, 0.717) is 15.9 Å². The number of hydrogen-bond donors (Lipinski definition) is 1. The fourth-order valence-electron chi connectivity index (χ4n) is 4.48. The van der Waals surface area contributed by atoms with Crippen LogP contribution in [0.2, 0.25) is 0 Å². The van der Waals surface area contributed by atoms with Crippen molar-refractivity contribution in [2.24, 2.45) is 0 Å². The summed E-state index contributed by atoms with van der Waals surface area (Å²) in [5, 5.41) is 0. The molecule has 5 nitrogen and oxygen atoms in total. The van der Waals surface area contributed by atoms with Gasteiger partial charge in [-0.05, 0) is 55.4 Å². The Hall–Kier alpha value is -1.96. The van der Waals surface area contributed by atoms with Gasteiger partial charge in [-0.1, -0.05) is 37.1 Å². The Morgan fingerprint density at radius 3 is 2.72 bits per heavy atom. The Morgan fingerprint density at radius 1 is 1.03 bits per heavy atom. The molecule has 0 unspecified atom stereocenters. The third kappa shape index (κ3) is 3.79. The number of benzene rings is 1. The van der Waals surface area contributed by atoms with Crippen LogP contribution in [0.15, 0.2) is 51.2 Å². The summed E-state index contributed by atoms with van der Waals surface area (Å²) in [5.74, 6) is 1.84. The number of hydrogen-bond acceptors (Lipinski definition) is 5. The first-order valence-electron chi connectivity index (χ1n) is 10.3. The highest BCUT2D eigenvalue weighted by Gasteiger charge is 2.27. The van der Waals surface area contributed by atoms with Gasteiger partial charge in [0.05, 0.1) is 11.1 Å². The number of rotatable bonds is 5. The normalized spacial score (nSPS) is 20.1. The second-order valence-electron chi connectivity index (χ2n) is 7.93. The highest BCUT2D eigenvalue weighted by molar-refractivity contribution is 7.91. The van der Waals surface area contributed by atoms with E-state index in [0.717, 1.165) is 48.4 Å². The number of fused-ring (bicyclic) bond motifs is 1. The van der Waals surface area contributed by atoms with Gasteiger partial charge in [0.2, 0.25) is 0 Å². The first kappa shape index (κ1) is 19.0. The number of oxazole rings is 1. The standard InChI is InChI=1S/C22H24N2O3S2/c25-29(26,24-18-11-5-9-15-6-3-4-10-17(15)18)21-13-12-20(28-21)19-14-23-22(27-19)16-7-1-2-8-16/h3-4,6,10,12-14,16,18,24H,1-2,5,7-9,11H2/t18-/m0/s1. The van der Waals surface area contributed by atoms with Gasteiger partial charge in [0, 0.05) is 12.0 Å². The molecule has 2 aromatic heterocycles. The third-order valence-corrected chi connectivity index (χ3v) is 9.05. The highest BCUT2D eigenvalue weighted by Crippen LogP contribution is 2.38. The van der Waals surface area contributed by atoms with Crippen LogP contribution in [0, 0.1) is 0 Å². The molecular formula is C22H24N2O3S2. The van der Waals surface area contributed by atoms with Crippen LogP contribution in [-0.2, 0) is 16.4 Å². The summed E-state index contributed by atoms with van der Waals surface area (Å²) in [7, 11) is -3.59. The summed E-state index contributed by atoms with van der Waals surface area (Å²) in [6.07, 6.45) is 9.23. The second-order valence-corrected chi connectivity index (χ2v) is 11.0. The Balaban J connectivity index is 1.36. The largest absolute Gasteiger partial charge is 0.440 e. The van der Waals surface area contributed by atoms with Gasteiger partial charge < -0.3 is 4.42 Å². The fraction of sp³-hybridized carbons (Fsp3) is 0.409. The van der Waals surface area contributed by atoms with E-state index in [9.17, 15) is 8.42 Å². The first-order valence-corrected chi connectivity index (χ1v) is 12.6. The molecule has 2 aliphatic rings. The quantitative estimate of drug-likeness (QED) is 0.589. The number of nitrogens with one attached hydrogen (secondary N) is 1. The minimum atomic E-state index is -3.59. The molecule has 1 saturated carbocycles. The SMILES string of the molecule is O=S(=O)(N[C@H]1CCCc2ccccc21)c1ccc(-c2cnc(C3CCCC3)o2)s1. The van der Waals surface area contributed by atoms with Crippen molar-refractivity contribution in [3.05, 3.63) is 59.6 Å². The summed E-state index contributed by atoms with van der Waals surface area (Å²) in [4.78, 5) is 5.24. The van der Waals surface area contributed by atoms with E-state index in [1.807, 2.05) is 24.3 Å². The van der Waals surface area contributed by atoms with Crippen LogP contribution in [0.5, 0.6) is 0 Å². The van der Waals surface area contributed by atoms with E-state index in [-0.39, 0.29) is 6.04 Å². The fourth-order valence-corrected chi connectivity index (χ4v) is 7.00. The first-order chi connectivity index (χ1) is 14.1. The molecule has 7 heteroatoms. The molecule has 1 atom stereocenters. The van der Waals surface area contributed by atoms with Crippen molar-refractivity contribution in [2.75, 3.05) is 0 Å². The Bertz CT molecular complexity index is 1110. The molecule has 2 heterocycles. The van der Waals surface area contributed by atoms with E-state index in [1.54, 1.807) is 12.3 Å². The molecule has 0 bridgehead atoms. The minimum Gasteiger partial charge on any atom is -0.440 e. The van der Waals surface area contributed by atoms with Gasteiger partial charge in [-0.3, -0.25) is 0 Å². The molecule has 1 fully saturated rings. The number of aromatic nitrogens is 1. The van der Waals surface area contributed by atoms with Crippen molar-refractivity contribution in [3.63, 3.8) is 0 Å².